The van der Waals surface area contributed by atoms with E-state index >= 15 is 0 Å². The lowest BCUT2D eigenvalue weighted by molar-refractivity contribution is -0.242. The Bertz CT molecular complexity index is 1210. The number of nitrogens with one attached hydrogen (secondary N) is 1. The molecular formula is C25H32N7O3-. The van der Waals surface area contributed by atoms with Gasteiger partial charge in [0.05, 0.1) is 18.2 Å². The van der Waals surface area contributed by atoms with E-state index in [1.54, 1.807) is 12.1 Å². The summed E-state index contributed by atoms with van der Waals surface area (Å²) in [4.78, 5) is 24.9. The molecule has 10 nitrogen and oxygen atoms in total. The summed E-state index contributed by atoms with van der Waals surface area (Å²) in [6, 6.07) is 6.28. The first-order valence-electron chi connectivity index (χ1n) is 12.1. The highest BCUT2D eigenvalue weighted by Gasteiger charge is 2.30. The van der Waals surface area contributed by atoms with Gasteiger partial charge in [0.15, 0.2) is 0 Å². The van der Waals surface area contributed by atoms with Crippen LogP contribution >= 0.6 is 0 Å². The Morgan fingerprint density at radius 3 is 2.51 bits per heavy atom. The Morgan fingerprint density at radius 1 is 1.11 bits per heavy atom. The first kappa shape index (κ1) is 23.4. The molecule has 0 unspecified atom stereocenters. The number of nitrogens with zero attached hydrogens (tertiary/aromatic N) is 5. The van der Waals surface area contributed by atoms with Crippen molar-refractivity contribution in [3.63, 3.8) is 0 Å². The van der Waals surface area contributed by atoms with Gasteiger partial charge in [-0.15, -0.1) is 0 Å². The largest absolute Gasteiger partial charge is 0.530 e. The van der Waals surface area contributed by atoms with Gasteiger partial charge in [0.25, 0.3) is 0 Å². The number of carbonyl (C=O) groups is 1. The van der Waals surface area contributed by atoms with Crippen LogP contribution in [-0.2, 0) is 0 Å². The third-order valence-corrected chi connectivity index (χ3v) is 7.50. The van der Waals surface area contributed by atoms with Crippen LogP contribution in [0.3, 0.4) is 0 Å². The average Bonchev–Trinajstić information content (AvgIpc) is 3.26. The third kappa shape index (κ3) is 4.63. The first-order chi connectivity index (χ1) is 16.9. The molecule has 2 aliphatic rings. The quantitative estimate of drug-likeness (QED) is 0.572. The average molecular weight is 479 g/mol. The van der Waals surface area contributed by atoms with Crippen LogP contribution in [0.4, 0.5) is 16.3 Å². The van der Waals surface area contributed by atoms with Crippen molar-refractivity contribution >= 4 is 28.6 Å². The second kappa shape index (κ2) is 9.71. The molecule has 0 radical (unpaired) electrons. The molecule has 1 aliphatic heterocycles. The molecule has 1 saturated carbocycles. The van der Waals surface area contributed by atoms with E-state index in [1.165, 1.54) is 26.3 Å². The Morgan fingerprint density at radius 2 is 1.83 bits per heavy atom. The molecule has 3 N–H and O–H groups in total. The first-order valence-corrected chi connectivity index (χ1v) is 12.1. The van der Waals surface area contributed by atoms with Crippen molar-refractivity contribution in [1.82, 2.24) is 24.3 Å². The molecule has 186 valence electrons. The van der Waals surface area contributed by atoms with Gasteiger partial charge in [0.2, 0.25) is 0 Å². The number of ether oxygens (including phenoxy) is 1. The molecule has 3 heterocycles. The Kier molecular flexibility index (Phi) is 6.48. The predicted octanol–water partition coefficient (Wildman–Crippen LogP) is 2.18. The SMILES string of the molecule is COc1cc(-c2cn(C3CCC(N4CCN(C)CC4)CC3)c3ncnc(N)c23)ccc1NC(=O)[O-]. The maximum atomic E-state index is 11.0. The number of anilines is 2. The smallest absolute Gasteiger partial charge is 0.146 e. The highest BCUT2D eigenvalue weighted by molar-refractivity contribution is 6.01. The molecule has 5 rings (SSSR count). The summed E-state index contributed by atoms with van der Waals surface area (Å²) in [7, 11) is 3.69. The summed E-state index contributed by atoms with van der Waals surface area (Å²) in [5.41, 5.74) is 9.23. The number of piperazine rings is 1. The van der Waals surface area contributed by atoms with Gasteiger partial charge in [-0.25, -0.2) is 9.97 Å². The van der Waals surface area contributed by atoms with Crippen molar-refractivity contribution in [3.05, 3.63) is 30.7 Å². The van der Waals surface area contributed by atoms with Gasteiger partial charge < -0.3 is 35.2 Å². The van der Waals surface area contributed by atoms with Crippen LogP contribution in [0.5, 0.6) is 5.75 Å². The van der Waals surface area contributed by atoms with Crippen LogP contribution in [0.25, 0.3) is 22.2 Å². The van der Waals surface area contributed by atoms with Crippen LogP contribution in [-0.4, -0.2) is 76.8 Å². The van der Waals surface area contributed by atoms with Gasteiger partial charge in [-0.1, -0.05) is 6.07 Å². The van der Waals surface area contributed by atoms with Crippen LogP contribution in [0.1, 0.15) is 31.7 Å². The van der Waals surface area contributed by atoms with E-state index in [0.29, 0.717) is 29.3 Å². The van der Waals surface area contributed by atoms with Gasteiger partial charge in [-0.3, -0.25) is 4.90 Å². The molecule has 10 heteroatoms. The molecule has 1 aromatic carbocycles. The number of hydrogen-bond donors (Lipinski definition) is 2. The van der Waals surface area contributed by atoms with E-state index in [2.05, 4.69) is 42.9 Å². The molecule has 1 aliphatic carbocycles. The molecule has 1 saturated heterocycles. The van der Waals surface area contributed by atoms with E-state index in [4.69, 9.17) is 10.5 Å². The molecule has 0 spiro atoms. The number of methoxy groups -OCH3 is 1. The normalized spacial score (nSPS) is 21.8. The zero-order chi connectivity index (χ0) is 24.5. The summed E-state index contributed by atoms with van der Waals surface area (Å²) in [6.07, 6.45) is 6.74. The van der Waals surface area contributed by atoms with Crippen molar-refractivity contribution in [1.29, 1.82) is 0 Å². The monoisotopic (exact) mass is 478 g/mol. The molecule has 35 heavy (non-hydrogen) atoms. The number of likely N-dealkylation sites (N-methyl/N-ethyl adjacent to an activating group) is 1. The molecule has 0 bridgehead atoms. The summed E-state index contributed by atoms with van der Waals surface area (Å²) < 4.78 is 7.67. The number of carbonyl (C=O) groups excluding carboxylic acids is 1. The van der Waals surface area contributed by atoms with Crippen molar-refractivity contribution in [3.8, 4) is 16.9 Å². The van der Waals surface area contributed by atoms with Crippen LogP contribution in [0, 0.1) is 0 Å². The van der Waals surface area contributed by atoms with Crippen LogP contribution < -0.4 is 20.9 Å². The second-order valence-electron chi connectivity index (χ2n) is 9.54. The standard InChI is InChI=1S/C25H33N7O3/c1-30-9-11-31(12-10-30)17-4-6-18(7-5-17)32-14-19(22-23(26)27-15-28-24(22)32)16-3-8-20(29-25(33)34)21(13-16)35-2/h3,8,13-15,17-18,29H,4-7,9-12H2,1-2H3,(H,33,34)(H2,26,27,28)/p-1. The summed E-state index contributed by atoms with van der Waals surface area (Å²) in [6.45, 7) is 4.58. The van der Waals surface area contributed by atoms with E-state index in [-0.39, 0.29) is 0 Å². The Hall–Kier alpha value is -3.37. The van der Waals surface area contributed by atoms with Crippen molar-refractivity contribution in [2.45, 2.75) is 37.8 Å². The van der Waals surface area contributed by atoms with E-state index in [9.17, 15) is 9.90 Å². The van der Waals surface area contributed by atoms with Gasteiger partial charge in [0.1, 0.15) is 29.6 Å². The summed E-state index contributed by atoms with van der Waals surface area (Å²) in [5, 5.41) is 14.1. The maximum Gasteiger partial charge on any atom is 0.146 e. The van der Waals surface area contributed by atoms with E-state index in [0.717, 1.165) is 61.2 Å². The molecule has 3 aromatic rings. The molecular weight excluding hydrogens is 446 g/mol. The number of hydrogen-bond acceptors (Lipinski definition) is 8. The maximum absolute atomic E-state index is 11.0. The number of amides is 1. The van der Waals surface area contributed by atoms with Gasteiger partial charge in [-0.05, 0) is 50.4 Å². The molecule has 0 atom stereocenters. The molecule has 2 fully saturated rings. The predicted molar refractivity (Wildman–Crippen MR) is 133 cm³/mol. The summed E-state index contributed by atoms with van der Waals surface area (Å²) >= 11 is 0. The van der Waals surface area contributed by atoms with Crippen molar-refractivity contribution in [2.75, 3.05) is 51.4 Å². The van der Waals surface area contributed by atoms with Crippen molar-refractivity contribution < 1.29 is 14.6 Å². The number of nitrogens with two attached hydrogens (primary N) is 1. The number of aromatic nitrogens is 3. The number of nitrogen functional groups attached to an aromatic ring is 1. The van der Waals surface area contributed by atoms with E-state index < -0.39 is 6.09 Å². The topological polar surface area (TPSA) is 125 Å². The van der Waals surface area contributed by atoms with Gasteiger partial charge in [-0.2, -0.15) is 0 Å². The van der Waals surface area contributed by atoms with Gasteiger partial charge >= 0.3 is 0 Å². The van der Waals surface area contributed by atoms with Crippen LogP contribution in [0.2, 0.25) is 0 Å². The Labute approximate surface area is 204 Å². The fraction of sp³-hybridized carbons (Fsp3) is 0.480. The highest BCUT2D eigenvalue weighted by Crippen LogP contribution is 2.40. The zero-order valence-electron chi connectivity index (χ0n) is 20.2. The second-order valence-corrected chi connectivity index (χ2v) is 9.54. The fourth-order valence-corrected chi connectivity index (χ4v) is 5.57. The number of carboxylic acid groups (broad SMARTS) is 1. The number of fused-ring (bicyclic) bond motifs is 1. The van der Waals surface area contributed by atoms with Crippen LogP contribution in [0.15, 0.2) is 30.7 Å². The van der Waals surface area contributed by atoms with Gasteiger partial charge in [0, 0.05) is 50.0 Å². The zero-order valence-corrected chi connectivity index (χ0v) is 20.2. The number of rotatable bonds is 5. The third-order valence-electron chi connectivity index (χ3n) is 7.50. The van der Waals surface area contributed by atoms with E-state index in [1.807, 2.05) is 6.07 Å². The minimum Gasteiger partial charge on any atom is -0.530 e. The highest BCUT2D eigenvalue weighted by atomic mass is 16.5. The Balaban J connectivity index is 1.44. The fourth-order valence-electron chi connectivity index (χ4n) is 5.57. The minimum absolute atomic E-state index is 0.325. The molecule has 2 aromatic heterocycles. The lowest BCUT2D eigenvalue weighted by Crippen LogP contribution is -2.49. The van der Waals surface area contributed by atoms with Crippen molar-refractivity contribution in [2.24, 2.45) is 0 Å². The molecule has 1 amide bonds. The lowest BCUT2D eigenvalue weighted by atomic mass is 9.89. The number of benzene rings is 1. The lowest BCUT2D eigenvalue weighted by Gasteiger charge is -2.41. The minimum atomic E-state index is -1.39. The summed E-state index contributed by atoms with van der Waals surface area (Å²) in [5.74, 6) is 0.821.